The second kappa shape index (κ2) is 4.65. The Morgan fingerprint density at radius 1 is 1.78 bits per heavy atom. The standard InChI is InChI=1S/C5H5NO3/c1-8-3-2-5(7)9-4-6/h2-3H,1H3. The van der Waals surface area contributed by atoms with Gasteiger partial charge in [0.1, 0.15) is 0 Å². The van der Waals surface area contributed by atoms with Gasteiger partial charge in [0.25, 0.3) is 6.26 Å². The van der Waals surface area contributed by atoms with E-state index in [-0.39, 0.29) is 0 Å². The molecular formula is C5H5NO3. The summed E-state index contributed by atoms with van der Waals surface area (Å²) >= 11 is 0. The van der Waals surface area contributed by atoms with Gasteiger partial charge in [0, 0.05) is 0 Å². The normalized spacial score (nSPS) is 8.44. The summed E-state index contributed by atoms with van der Waals surface area (Å²) in [6.07, 6.45) is 3.35. The van der Waals surface area contributed by atoms with Gasteiger partial charge < -0.3 is 9.47 Å². The third-order valence-electron chi connectivity index (χ3n) is 0.486. The summed E-state index contributed by atoms with van der Waals surface area (Å²) in [5, 5.41) is 7.77. The Balaban J connectivity index is 3.53. The van der Waals surface area contributed by atoms with E-state index < -0.39 is 5.97 Å². The van der Waals surface area contributed by atoms with Crippen molar-refractivity contribution in [1.82, 2.24) is 0 Å². The largest absolute Gasteiger partial charge is 0.504 e. The Morgan fingerprint density at radius 3 is 2.89 bits per heavy atom. The van der Waals surface area contributed by atoms with Crippen molar-refractivity contribution in [3.8, 4) is 6.26 Å². The molecule has 9 heavy (non-hydrogen) atoms. The third kappa shape index (κ3) is 4.35. The number of carbonyl (C=O) groups excluding carboxylic acids is 1. The van der Waals surface area contributed by atoms with Crippen molar-refractivity contribution in [2.45, 2.75) is 0 Å². The van der Waals surface area contributed by atoms with Gasteiger partial charge >= 0.3 is 5.97 Å². The van der Waals surface area contributed by atoms with Crippen LogP contribution in [0.1, 0.15) is 0 Å². The van der Waals surface area contributed by atoms with Crippen molar-refractivity contribution in [3.05, 3.63) is 12.3 Å². The van der Waals surface area contributed by atoms with Crippen LogP contribution in [0.3, 0.4) is 0 Å². The number of esters is 1. The van der Waals surface area contributed by atoms with Crippen molar-refractivity contribution >= 4 is 5.97 Å². The van der Waals surface area contributed by atoms with Gasteiger partial charge in [0.2, 0.25) is 0 Å². The van der Waals surface area contributed by atoms with E-state index in [1.807, 2.05) is 0 Å². The molecular weight excluding hydrogens is 122 g/mol. The first-order valence-electron chi connectivity index (χ1n) is 2.10. The number of ether oxygens (including phenoxy) is 2. The molecule has 0 aliphatic heterocycles. The van der Waals surface area contributed by atoms with E-state index in [2.05, 4.69) is 9.47 Å². The molecule has 0 fully saturated rings. The highest BCUT2D eigenvalue weighted by Gasteiger charge is 1.91. The molecule has 0 amide bonds. The maximum atomic E-state index is 10.2. The summed E-state index contributed by atoms with van der Waals surface area (Å²) in [4.78, 5) is 10.2. The summed E-state index contributed by atoms with van der Waals surface area (Å²) < 4.78 is 8.21. The molecule has 0 aromatic rings. The Bertz CT molecular complexity index is 156. The predicted molar refractivity (Wildman–Crippen MR) is 27.9 cm³/mol. The second-order valence-corrected chi connectivity index (χ2v) is 1.05. The molecule has 4 heteroatoms. The molecule has 0 N–H and O–H groups in total. The van der Waals surface area contributed by atoms with Crippen molar-refractivity contribution in [2.75, 3.05) is 7.11 Å². The molecule has 0 bridgehead atoms. The van der Waals surface area contributed by atoms with E-state index in [4.69, 9.17) is 5.26 Å². The molecule has 0 heterocycles. The van der Waals surface area contributed by atoms with Crippen molar-refractivity contribution in [2.24, 2.45) is 0 Å². The number of hydrogen-bond acceptors (Lipinski definition) is 4. The van der Waals surface area contributed by atoms with Gasteiger partial charge in [0.05, 0.1) is 19.4 Å². The fourth-order valence-electron chi connectivity index (χ4n) is 0.203. The summed E-state index contributed by atoms with van der Waals surface area (Å²) in [5.74, 6) is -0.737. The Labute approximate surface area is 52.3 Å². The molecule has 0 unspecified atom stereocenters. The molecule has 48 valence electrons. The average Bonchev–Trinajstić information content (AvgIpc) is 1.85. The van der Waals surface area contributed by atoms with Crippen LogP contribution in [0.15, 0.2) is 12.3 Å². The number of methoxy groups -OCH3 is 1. The molecule has 0 rings (SSSR count). The van der Waals surface area contributed by atoms with Gasteiger partial charge in [-0.15, -0.1) is 5.26 Å². The van der Waals surface area contributed by atoms with Crippen LogP contribution in [0.5, 0.6) is 0 Å². The fraction of sp³-hybridized carbons (Fsp3) is 0.200. The van der Waals surface area contributed by atoms with E-state index in [1.165, 1.54) is 13.4 Å². The van der Waals surface area contributed by atoms with Gasteiger partial charge in [-0.2, -0.15) is 0 Å². The van der Waals surface area contributed by atoms with Crippen LogP contribution < -0.4 is 0 Å². The molecule has 4 nitrogen and oxygen atoms in total. The van der Waals surface area contributed by atoms with Crippen LogP contribution in [0.25, 0.3) is 0 Å². The van der Waals surface area contributed by atoms with Crippen molar-refractivity contribution < 1.29 is 14.3 Å². The Hall–Kier alpha value is -1.50. The maximum Gasteiger partial charge on any atom is 0.349 e. The highest BCUT2D eigenvalue weighted by atomic mass is 16.5. The zero-order valence-electron chi connectivity index (χ0n) is 4.83. The van der Waals surface area contributed by atoms with Crippen LogP contribution in [-0.2, 0) is 14.3 Å². The molecule has 0 radical (unpaired) electrons. The lowest BCUT2D eigenvalue weighted by molar-refractivity contribution is -0.131. The molecule has 0 aliphatic rings. The highest BCUT2D eigenvalue weighted by Crippen LogP contribution is 1.78. The van der Waals surface area contributed by atoms with Crippen molar-refractivity contribution in [3.63, 3.8) is 0 Å². The lowest BCUT2D eigenvalue weighted by Gasteiger charge is -1.84. The van der Waals surface area contributed by atoms with Crippen molar-refractivity contribution in [1.29, 1.82) is 5.26 Å². The molecule has 0 aromatic carbocycles. The smallest absolute Gasteiger partial charge is 0.349 e. The van der Waals surface area contributed by atoms with Crippen LogP contribution in [0.2, 0.25) is 0 Å². The van der Waals surface area contributed by atoms with E-state index >= 15 is 0 Å². The summed E-state index contributed by atoms with van der Waals surface area (Å²) in [5.41, 5.74) is 0. The minimum atomic E-state index is -0.737. The first-order chi connectivity index (χ1) is 4.31. The highest BCUT2D eigenvalue weighted by molar-refractivity contribution is 5.82. The van der Waals surface area contributed by atoms with Gasteiger partial charge in [-0.05, 0) is 0 Å². The van der Waals surface area contributed by atoms with E-state index in [0.717, 1.165) is 12.3 Å². The first kappa shape index (κ1) is 7.50. The van der Waals surface area contributed by atoms with E-state index in [0.29, 0.717) is 0 Å². The number of carbonyl (C=O) groups is 1. The van der Waals surface area contributed by atoms with Gasteiger partial charge in [0.15, 0.2) is 0 Å². The van der Waals surface area contributed by atoms with E-state index in [9.17, 15) is 4.79 Å². The fourth-order valence-corrected chi connectivity index (χ4v) is 0.203. The number of hydrogen-bond donors (Lipinski definition) is 0. The minimum Gasteiger partial charge on any atom is -0.504 e. The third-order valence-corrected chi connectivity index (χ3v) is 0.486. The lowest BCUT2D eigenvalue weighted by Crippen LogP contribution is -1.93. The Morgan fingerprint density at radius 2 is 2.44 bits per heavy atom. The number of rotatable bonds is 2. The summed E-state index contributed by atoms with van der Waals surface area (Å²) in [6, 6.07) is 0. The van der Waals surface area contributed by atoms with Crippen LogP contribution in [0.4, 0.5) is 0 Å². The molecule has 0 aliphatic carbocycles. The van der Waals surface area contributed by atoms with E-state index in [1.54, 1.807) is 0 Å². The zero-order valence-corrected chi connectivity index (χ0v) is 4.83. The van der Waals surface area contributed by atoms with Gasteiger partial charge in [-0.3, -0.25) is 0 Å². The minimum absolute atomic E-state index is 0.737. The molecule has 0 saturated carbocycles. The van der Waals surface area contributed by atoms with Crippen LogP contribution in [-0.4, -0.2) is 13.1 Å². The molecule has 0 saturated heterocycles. The van der Waals surface area contributed by atoms with Gasteiger partial charge in [-0.1, -0.05) is 0 Å². The van der Waals surface area contributed by atoms with Crippen LogP contribution >= 0.6 is 0 Å². The molecule has 0 atom stereocenters. The summed E-state index contributed by atoms with van der Waals surface area (Å²) in [6.45, 7) is 0. The quantitative estimate of drug-likeness (QED) is 0.229. The lowest BCUT2D eigenvalue weighted by atomic mass is 10.6. The zero-order chi connectivity index (χ0) is 7.11. The molecule has 0 spiro atoms. The van der Waals surface area contributed by atoms with Gasteiger partial charge in [-0.25, -0.2) is 4.79 Å². The monoisotopic (exact) mass is 127 g/mol. The maximum absolute atomic E-state index is 10.2. The second-order valence-electron chi connectivity index (χ2n) is 1.05. The topological polar surface area (TPSA) is 59.3 Å². The van der Waals surface area contributed by atoms with Crippen LogP contribution in [0, 0.1) is 11.5 Å². The predicted octanol–water partition coefficient (Wildman–Crippen LogP) is 0.171. The summed E-state index contributed by atoms with van der Waals surface area (Å²) in [7, 11) is 1.39. The average molecular weight is 127 g/mol. The number of nitrogens with zero attached hydrogens (tertiary/aromatic N) is 1. The Kier molecular flexibility index (Phi) is 3.88. The SMILES string of the molecule is COC=CC(=O)OC#N. The number of nitriles is 1. The first-order valence-corrected chi connectivity index (χ1v) is 2.10. The molecule has 0 aromatic heterocycles.